The summed E-state index contributed by atoms with van der Waals surface area (Å²) in [6, 6.07) is 6.54. The minimum Gasteiger partial charge on any atom is -0.354 e. The van der Waals surface area contributed by atoms with Crippen molar-refractivity contribution in [3.63, 3.8) is 0 Å². The number of thioether (sulfide) groups is 1. The number of halogens is 1. The van der Waals surface area contributed by atoms with Crippen LogP contribution in [-0.2, 0) is 9.59 Å². The van der Waals surface area contributed by atoms with Crippen LogP contribution in [-0.4, -0.2) is 30.2 Å². The average Bonchev–Trinajstić information content (AvgIpc) is 2.43. The number of carbonyl (C=O) groups is 2. The summed E-state index contributed by atoms with van der Waals surface area (Å²) in [5.41, 5.74) is 0. The fourth-order valence-electron chi connectivity index (χ4n) is 1.97. The van der Waals surface area contributed by atoms with Crippen LogP contribution in [0.5, 0.6) is 0 Å². The molecule has 2 amide bonds. The van der Waals surface area contributed by atoms with E-state index in [0.29, 0.717) is 36.5 Å². The molecule has 2 N–H and O–H groups in total. The fourth-order valence-corrected chi connectivity index (χ4v) is 2.86. The third-order valence-corrected chi connectivity index (χ3v) is 4.10. The number of hydrogen-bond acceptors (Lipinski definition) is 3. The first-order valence-electron chi connectivity index (χ1n) is 6.58. The van der Waals surface area contributed by atoms with E-state index in [9.17, 15) is 14.0 Å². The lowest BCUT2D eigenvalue weighted by molar-refractivity contribution is -0.125. The molecule has 1 aliphatic heterocycles. The molecule has 6 heteroatoms. The highest BCUT2D eigenvalue weighted by molar-refractivity contribution is 7.99. The van der Waals surface area contributed by atoms with Gasteiger partial charge in [0.15, 0.2) is 0 Å². The van der Waals surface area contributed by atoms with Crippen molar-refractivity contribution in [3.05, 3.63) is 30.1 Å². The Balaban J connectivity index is 1.68. The van der Waals surface area contributed by atoms with Gasteiger partial charge in [-0.2, -0.15) is 0 Å². The van der Waals surface area contributed by atoms with Crippen molar-refractivity contribution in [2.75, 3.05) is 12.3 Å². The van der Waals surface area contributed by atoms with Gasteiger partial charge in [-0.1, -0.05) is 12.1 Å². The molecule has 1 saturated heterocycles. The molecule has 1 aromatic carbocycles. The quantitative estimate of drug-likeness (QED) is 0.813. The van der Waals surface area contributed by atoms with E-state index in [0.717, 1.165) is 0 Å². The standard InChI is InChI=1S/C14H17FN2O2S/c15-11-3-1-2-4-12(11)20-8-7-14(19)17-10-5-6-13(18)16-9-10/h1-4,10H,5-9H2,(H,16,18)(H,17,19). The van der Waals surface area contributed by atoms with Crippen molar-refractivity contribution in [1.29, 1.82) is 0 Å². The topological polar surface area (TPSA) is 58.2 Å². The third-order valence-electron chi connectivity index (χ3n) is 3.05. The second-order valence-electron chi connectivity index (χ2n) is 4.64. The van der Waals surface area contributed by atoms with Crippen LogP contribution in [0.1, 0.15) is 19.3 Å². The van der Waals surface area contributed by atoms with Crippen LogP contribution in [0.3, 0.4) is 0 Å². The molecule has 0 aliphatic carbocycles. The molecule has 0 aromatic heterocycles. The third kappa shape index (κ3) is 4.52. The highest BCUT2D eigenvalue weighted by Crippen LogP contribution is 2.21. The highest BCUT2D eigenvalue weighted by Gasteiger charge is 2.19. The van der Waals surface area contributed by atoms with Crippen molar-refractivity contribution in [3.8, 4) is 0 Å². The lowest BCUT2D eigenvalue weighted by atomic mass is 10.1. The van der Waals surface area contributed by atoms with Crippen molar-refractivity contribution in [2.24, 2.45) is 0 Å². The summed E-state index contributed by atoms with van der Waals surface area (Å²) in [7, 11) is 0. The van der Waals surface area contributed by atoms with E-state index in [2.05, 4.69) is 10.6 Å². The Morgan fingerprint density at radius 2 is 2.25 bits per heavy atom. The monoisotopic (exact) mass is 296 g/mol. The molecule has 1 fully saturated rings. The van der Waals surface area contributed by atoms with Gasteiger partial charge in [0.2, 0.25) is 11.8 Å². The highest BCUT2D eigenvalue weighted by atomic mass is 32.2. The first kappa shape index (κ1) is 14.8. The van der Waals surface area contributed by atoms with Gasteiger partial charge in [-0.05, 0) is 18.6 Å². The first-order valence-corrected chi connectivity index (χ1v) is 7.57. The van der Waals surface area contributed by atoms with Gasteiger partial charge in [0.05, 0.1) is 0 Å². The normalized spacial score (nSPS) is 18.4. The molecule has 0 saturated carbocycles. The van der Waals surface area contributed by atoms with E-state index < -0.39 is 0 Å². The summed E-state index contributed by atoms with van der Waals surface area (Å²) >= 11 is 1.33. The van der Waals surface area contributed by atoms with Gasteiger partial charge < -0.3 is 10.6 Å². The van der Waals surface area contributed by atoms with Crippen LogP contribution >= 0.6 is 11.8 Å². The number of amides is 2. The lowest BCUT2D eigenvalue weighted by Crippen LogP contribution is -2.47. The van der Waals surface area contributed by atoms with Crippen molar-refractivity contribution >= 4 is 23.6 Å². The largest absolute Gasteiger partial charge is 0.354 e. The zero-order chi connectivity index (χ0) is 14.4. The summed E-state index contributed by atoms with van der Waals surface area (Å²) in [5.74, 6) is 0.250. The predicted molar refractivity (Wildman–Crippen MR) is 75.9 cm³/mol. The molecule has 20 heavy (non-hydrogen) atoms. The molecule has 0 bridgehead atoms. The second-order valence-corrected chi connectivity index (χ2v) is 5.77. The SMILES string of the molecule is O=C1CCC(NC(=O)CCSc2ccccc2F)CN1. The molecule has 4 nitrogen and oxygen atoms in total. The van der Waals surface area contributed by atoms with Crippen LogP contribution in [0.2, 0.25) is 0 Å². The smallest absolute Gasteiger partial charge is 0.221 e. The molecule has 0 radical (unpaired) electrons. The Morgan fingerprint density at radius 3 is 2.95 bits per heavy atom. The molecule has 1 aromatic rings. The van der Waals surface area contributed by atoms with E-state index in [4.69, 9.17) is 0 Å². The van der Waals surface area contributed by atoms with E-state index in [1.54, 1.807) is 18.2 Å². The van der Waals surface area contributed by atoms with E-state index >= 15 is 0 Å². The summed E-state index contributed by atoms with van der Waals surface area (Å²) in [6.45, 7) is 0.491. The first-order chi connectivity index (χ1) is 9.65. The zero-order valence-corrected chi connectivity index (χ0v) is 11.8. The van der Waals surface area contributed by atoms with Gasteiger partial charge in [0.25, 0.3) is 0 Å². The molecule has 1 heterocycles. The number of rotatable bonds is 5. The molecule has 2 rings (SSSR count). The second kappa shape index (κ2) is 7.28. The van der Waals surface area contributed by atoms with Gasteiger partial charge in [-0.3, -0.25) is 9.59 Å². The minimum absolute atomic E-state index is 0.0126. The van der Waals surface area contributed by atoms with Crippen LogP contribution in [0.15, 0.2) is 29.2 Å². The van der Waals surface area contributed by atoms with Crippen LogP contribution < -0.4 is 10.6 Å². The van der Waals surface area contributed by atoms with Crippen molar-refractivity contribution in [1.82, 2.24) is 10.6 Å². The minimum atomic E-state index is -0.257. The van der Waals surface area contributed by atoms with Gasteiger partial charge in [0.1, 0.15) is 5.82 Å². The number of carbonyl (C=O) groups excluding carboxylic acids is 2. The fraction of sp³-hybridized carbons (Fsp3) is 0.429. The average molecular weight is 296 g/mol. The molecule has 1 atom stereocenters. The Kier molecular flexibility index (Phi) is 5.40. The molecule has 108 valence electrons. The van der Waals surface area contributed by atoms with Crippen LogP contribution in [0.25, 0.3) is 0 Å². The number of hydrogen-bond donors (Lipinski definition) is 2. The molecular weight excluding hydrogens is 279 g/mol. The van der Waals surface area contributed by atoms with Gasteiger partial charge >= 0.3 is 0 Å². The number of nitrogens with one attached hydrogen (secondary N) is 2. The maximum absolute atomic E-state index is 13.4. The number of piperidine rings is 1. The molecule has 0 spiro atoms. The van der Waals surface area contributed by atoms with E-state index in [-0.39, 0.29) is 23.7 Å². The predicted octanol–water partition coefficient (Wildman–Crippen LogP) is 1.70. The summed E-state index contributed by atoms with van der Waals surface area (Å²) < 4.78 is 13.4. The van der Waals surface area contributed by atoms with E-state index in [1.165, 1.54) is 17.8 Å². The molecule has 1 unspecified atom stereocenters. The Morgan fingerprint density at radius 1 is 1.45 bits per heavy atom. The van der Waals surface area contributed by atoms with Crippen LogP contribution in [0, 0.1) is 5.82 Å². The lowest BCUT2D eigenvalue weighted by Gasteiger charge is -2.23. The van der Waals surface area contributed by atoms with Gasteiger partial charge in [0, 0.05) is 36.1 Å². The molecular formula is C14H17FN2O2S. The summed E-state index contributed by atoms with van der Waals surface area (Å²) in [5, 5.41) is 5.60. The van der Waals surface area contributed by atoms with Gasteiger partial charge in [-0.25, -0.2) is 4.39 Å². The van der Waals surface area contributed by atoms with Crippen molar-refractivity contribution < 1.29 is 14.0 Å². The van der Waals surface area contributed by atoms with Crippen molar-refractivity contribution in [2.45, 2.75) is 30.2 Å². The summed E-state index contributed by atoms with van der Waals surface area (Å²) in [6.07, 6.45) is 1.47. The number of benzene rings is 1. The Bertz CT molecular complexity index is 486. The Labute approximate surface area is 121 Å². The zero-order valence-electron chi connectivity index (χ0n) is 11.0. The van der Waals surface area contributed by atoms with Gasteiger partial charge in [-0.15, -0.1) is 11.8 Å². The van der Waals surface area contributed by atoms with Crippen LogP contribution in [0.4, 0.5) is 4.39 Å². The van der Waals surface area contributed by atoms with E-state index in [1.807, 2.05) is 0 Å². The summed E-state index contributed by atoms with van der Waals surface area (Å²) in [4.78, 5) is 23.3. The maximum atomic E-state index is 13.4. The maximum Gasteiger partial charge on any atom is 0.221 e. The molecule has 1 aliphatic rings. The Hall–Kier alpha value is -1.56.